The lowest BCUT2D eigenvalue weighted by molar-refractivity contribution is -0.113. The second-order valence-corrected chi connectivity index (χ2v) is 8.04. The standard InChI is InChI=1S/C20H16BrN5OS/c1-13-2-4-14(5-3-13)17-10-11-18-23-24-20(26(18)25-17)28-12-19(27)22-16-8-6-15(21)7-9-16/h2-11H,12H2,1H3,(H,22,27). The van der Waals surface area contributed by atoms with Gasteiger partial charge in [0, 0.05) is 15.7 Å². The minimum Gasteiger partial charge on any atom is -0.325 e. The van der Waals surface area contributed by atoms with E-state index in [9.17, 15) is 4.79 Å². The zero-order chi connectivity index (χ0) is 19.5. The van der Waals surface area contributed by atoms with E-state index in [1.165, 1.54) is 17.3 Å². The van der Waals surface area contributed by atoms with Crippen molar-refractivity contribution in [1.29, 1.82) is 0 Å². The predicted octanol–water partition coefficient (Wildman–Crippen LogP) is 4.59. The van der Waals surface area contributed by atoms with Crippen LogP contribution in [0.2, 0.25) is 0 Å². The molecule has 28 heavy (non-hydrogen) atoms. The second-order valence-electron chi connectivity index (χ2n) is 6.18. The molecule has 1 N–H and O–H groups in total. The SMILES string of the molecule is Cc1ccc(-c2ccc3nnc(SCC(=O)Nc4ccc(Br)cc4)n3n2)cc1. The summed E-state index contributed by atoms with van der Waals surface area (Å²) >= 11 is 4.67. The number of amides is 1. The normalized spacial score (nSPS) is 10.9. The zero-order valence-corrected chi connectivity index (χ0v) is 17.4. The van der Waals surface area contributed by atoms with Crippen LogP contribution in [-0.2, 0) is 4.79 Å². The third kappa shape index (κ3) is 4.23. The van der Waals surface area contributed by atoms with E-state index >= 15 is 0 Å². The number of aromatic nitrogens is 4. The lowest BCUT2D eigenvalue weighted by atomic mass is 10.1. The van der Waals surface area contributed by atoms with Crippen LogP contribution < -0.4 is 5.32 Å². The number of benzene rings is 2. The van der Waals surface area contributed by atoms with Crippen LogP contribution in [0, 0.1) is 6.92 Å². The number of nitrogens with zero attached hydrogens (tertiary/aromatic N) is 4. The highest BCUT2D eigenvalue weighted by Crippen LogP contribution is 2.21. The molecule has 0 spiro atoms. The van der Waals surface area contributed by atoms with Crippen LogP contribution in [0.5, 0.6) is 0 Å². The summed E-state index contributed by atoms with van der Waals surface area (Å²) in [5.41, 5.74) is 4.44. The summed E-state index contributed by atoms with van der Waals surface area (Å²) in [6.45, 7) is 2.05. The first-order valence-electron chi connectivity index (χ1n) is 8.56. The number of halogens is 1. The Balaban J connectivity index is 1.49. The number of hydrogen-bond acceptors (Lipinski definition) is 5. The first-order valence-corrected chi connectivity index (χ1v) is 10.3. The molecule has 2 aromatic heterocycles. The van der Waals surface area contributed by atoms with Crippen LogP contribution in [0.4, 0.5) is 5.69 Å². The highest BCUT2D eigenvalue weighted by molar-refractivity contribution is 9.10. The van der Waals surface area contributed by atoms with Gasteiger partial charge in [-0.25, -0.2) is 0 Å². The van der Waals surface area contributed by atoms with Crippen molar-refractivity contribution < 1.29 is 4.79 Å². The maximum Gasteiger partial charge on any atom is 0.234 e. The molecule has 8 heteroatoms. The monoisotopic (exact) mass is 453 g/mol. The lowest BCUT2D eigenvalue weighted by Crippen LogP contribution is -2.14. The highest BCUT2D eigenvalue weighted by atomic mass is 79.9. The first kappa shape index (κ1) is 18.6. The fourth-order valence-electron chi connectivity index (χ4n) is 2.60. The molecule has 0 fully saturated rings. The Hall–Kier alpha value is -2.71. The number of fused-ring (bicyclic) bond motifs is 1. The van der Waals surface area contributed by atoms with Crippen LogP contribution in [0.1, 0.15) is 5.56 Å². The smallest absolute Gasteiger partial charge is 0.234 e. The van der Waals surface area contributed by atoms with Crippen molar-refractivity contribution >= 4 is 44.9 Å². The lowest BCUT2D eigenvalue weighted by Gasteiger charge is -2.05. The maximum absolute atomic E-state index is 12.2. The molecule has 0 saturated heterocycles. The van der Waals surface area contributed by atoms with Gasteiger partial charge in [0.1, 0.15) is 0 Å². The number of thioether (sulfide) groups is 1. The van der Waals surface area contributed by atoms with Crippen LogP contribution in [0.3, 0.4) is 0 Å². The molecule has 6 nitrogen and oxygen atoms in total. The molecule has 0 radical (unpaired) electrons. The van der Waals surface area contributed by atoms with Gasteiger partial charge >= 0.3 is 0 Å². The molecule has 0 aliphatic heterocycles. The summed E-state index contributed by atoms with van der Waals surface area (Å²) in [6, 6.07) is 19.4. The molecule has 0 unspecified atom stereocenters. The largest absolute Gasteiger partial charge is 0.325 e. The molecule has 4 aromatic rings. The zero-order valence-electron chi connectivity index (χ0n) is 15.0. The van der Waals surface area contributed by atoms with Crippen LogP contribution in [-0.4, -0.2) is 31.5 Å². The van der Waals surface area contributed by atoms with Crippen molar-refractivity contribution in [2.24, 2.45) is 0 Å². The summed E-state index contributed by atoms with van der Waals surface area (Å²) in [5, 5.41) is 16.4. The highest BCUT2D eigenvalue weighted by Gasteiger charge is 2.12. The van der Waals surface area contributed by atoms with E-state index < -0.39 is 0 Å². The molecular formula is C20H16BrN5OS. The van der Waals surface area contributed by atoms with E-state index in [-0.39, 0.29) is 11.7 Å². The number of nitrogens with one attached hydrogen (secondary N) is 1. The van der Waals surface area contributed by atoms with Gasteiger partial charge in [0.05, 0.1) is 11.4 Å². The Morgan fingerprint density at radius 2 is 1.79 bits per heavy atom. The summed E-state index contributed by atoms with van der Waals surface area (Å²) < 4.78 is 2.64. The first-order chi connectivity index (χ1) is 13.6. The van der Waals surface area contributed by atoms with Gasteiger partial charge in [-0.05, 0) is 43.3 Å². The topological polar surface area (TPSA) is 72.2 Å². The fourth-order valence-corrected chi connectivity index (χ4v) is 3.55. The molecule has 1 amide bonds. The molecule has 0 aliphatic rings. The van der Waals surface area contributed by atoms with Crippen molar-refractivity contribution in [3.05, 3.63) is 70.7 Å². The van der Waals surface area contributed by atoms with Gasteiger partial charge in [-0.2, -0.15) is 9.61 Å². The van der Waals surface area contributed by atoms with Gasteiger partial charge in [-0.3, -0.25) is 4.79 Å². The van der Waals surface area contributed by atoms with E-state index in [2.05, 4.69) is 48.7 Å². The molecule has 4 rings (SSSR count). The fraction of sp³-hybridized carbons (Fsp3) is 0.100. The van der Waals surface area contributed by atoms with E-state index in [1.54, 1.807) is 4.52 Å². The van der Waals surface area contributed by atoms with Gasteiger partial charge in [0.25, 0.3) is 0 Å². The third-order valence-corrected chi connectivity index (χ3v) is 5.49. The number of aryl methyl sites for hydroxylation is 1. The molecule has 2 heterocycles. The Labute approximate surface area is 174 Å². The summed E-state index contributed by atoms with van der Waals surface area (Å²) in [6.07, 6.45) is 0. The van der Waals surface area contributed by atoms with Crippen LogP contribution in [0.25, 0.3) is 16.9 Å². The average molecular weight is 454 g/mol. The number of hydrogen-bond donors (Lipinski definition) is 1. The predicted molar refractivity (Wildman–Crippen MR) is 114 cm³/mol. The molecule has 0 aliphatic carbocycles. The molecule has 0 atom stereocenters. The van der Waals surface area contributed by atoms with Crippen molar-refractivity contribution in [2.45, 2.75) is 12.1 Å². The van der Waals surface area contributed by atoms with Crippen molar-refractivity contribution in [3.8, 4) is 11.3 Å². The number of carbonyl (C=O) groups excluding carboxylic acids is 1. The Bertz CT molecular complexity index is 1130. The summed E-state index contributed by atoms with van der Waals surface area (Å²) in [5.74, 6) is 0.103. The van der Waals surface area contributed by atoms with E-state index in [0.29, 0.717) is 10.8 Å². The maximum atomic E-state index is 12.2. The van der Waals surface area contributed by atoms with Gasteiger partial charge in [-0.1, -0.05) is 57.5 Å². The second kappa shape index (κ2) is 8.12. The molecule has 0 bridgehead atoms. The molecule has 0 saturated carbocycles. The number of carbonyl (C=O) groups is 1. The van der Waals surface area contributed by atoms with Gasteiger partial charge in [-0.15, -0.1) is 10.2 Å². The quantitative estimate of drug-likeness (QED) is 0.447. The Morgan fingerprint density at radius 1 is 1.04 bits per heavy atom. The summed E-state index contributed by atoms with van der Waals surface area (Å²) in [4.78, 5) is 12.2. The van der Waals surface area contributed by atoms with Crippen molar-refractivity contribution in [1.82, 2.24) is 19.8 Å². The third-order valence-electron chi connectivity index (χ3n) is 4.04. The van der Waals surface area contributed by atoms with Gasteiger partial charge in [0.15, 0.2) is 5.65 Å². The van der Waals surface area contributed by atoms with Crippen molar-refractivity contribution in [3.63, 3.8) is 0 Å². The average Bonchev–Trinajstić information content (AvgIpc) is 3.11. The van der Waals surface area contributed by atoms with E-state index in [0.717, 1.165) is 21.4 Å². The molecule has 2 aromatic carbocycles. The Morgan fingerprint density at radius 3 is 2.54 bits per heavy atom. The minimum absolute atomic E-state index is 0.112. The molecular weight excluding hydrogens is 438 g/mol. The van der Waals surface area contributed by atoms with Gasteiger partial charge in [0.2, 0.25) is 11.1 Å². The number of anilines is 1. The molecule has 140 valence electrons. The van der Waals surface area contributed by atoms with Crippen LogP contribution in [0.15, 0.2) is 70.3 Å². The summed E-state index contributed by atoms with van der Waals surface area (Å²) in [7, 11) is 0. The Kier molecular flexibility index (Phi) is 5.40. The van der Waals surface area contributed by atoms with Crippen molar-refractivity contribution in [2.75, 3.05) is 11.1 Å². The number of rotatable bonds is 5. The van der Waals surface area contributed by atoms with E-state index in [1.807, 2.05) is 55.5 Å². The van der Waals surface area contributed by atoms with Gasteiger partial charge < -0.3 is 5.32 Å². The minimum atomic E-state index is -0.112. The van der Waals surface area contributed by atoms with Crippen LogP contribution >= 0.6 is 27.7 Å². The van der Waals surface area contributed by atoms with E-state index in [4.69, 9.17) is 0 Å².